The van der Waals surface area contributed by atoms with E-state index in [1.807, 2.05) is 79.0 Å². The molecule has 0 fully saturated rings. The Morgan fingerprint density at radius 1 is 0.857 bits per heavy atom. The van der Waals surface area contributed by atoms with Crippen LogP contribution in [0.4, 0.5) is 5.69 Å². The predicted octanol–water partition coefficient (Wildman–Crippen LogP) is 5.03. The molecule has 28 heavy (non-hydrogen) atoms. The highest BCUT2D eigenvalue weighted by Gasteiger charge is 2.15. The Morgan fingerprint density at radius 2 is 1.64 bits per heavy atom. The fourth-order valence-corrected chi connectivity index (χ4v) is 3.27. The van der Waals surface area contributed by atoms with Crippen LogP contribution in [0.25, 0.3) is 33.3 Å². The highest BCUT2D eigenvalue weighted by Crippen LogP contribution is 2.24. The van der Waals surface area contributed by atoms with Gasteiger partial charge in [0.15, 0.2) is 5.82 Å². The fourth-order valence-electron chi connectivity index (χ4n) is 3.27. The predicted molar refractivity (Wildman–Crippen MR) is 111 cm³/mol. The van der Waals surface area contributed by atoms with Gasteiger partial charge in [0.05, 0.1) is 11.1 Å². The average molecular weight is 364 g/mol. The summed E-state index contributed by atoms with van der Waals surface area (Å²) in [6, 6.07) is 25.0. The molecule has 0 radical (unpaired) electrons. The Kier molecular flexibility index (Phi) is 3.84. The molecule has 2 heterocycles. The van der Waals surface area contributed by atoms with E-state index in [2.05, 4.69) is 20.3 Å². The largest absolute Gasteiger partial charge is 0.337 e. The lowest BCUT2D eigenvalue weighted by molar-refractivity contribution is 0.102. The quantitative estimate of drug-likeness (QED) is 0.472. The topological polar surface area (TPSA) is 70.7 Å². The maximum atomic E-state index is 12.8. The summed E-state index contributed by atoms with van der Waals surface area (Å²) in [4.78, 5) is 25.2. The Hall–Kier alpha value is -3.99. The lowest BCUT2D eigenvalue weighted by Gasteiger charge is -2.05. The number of rotatable bonds is 3. The normalized spacial score (nSPS) is 11.0. The Labute approximate surface area is 161 Å². The van der Waals surface area contributed by atoms with Crippen LogP contribution in [0.1, 0.15) is 10.4 Å². The zero-order chi connectivity index (χ0) is 18.9. The molecule has 0 saturated carbocycles. The number of carbonyl (C=O) groups excluding carboxylic acids is 1. The van der Waals surface area contributed by atoms with Gasteiger partial charge in [0.25, 0.3) is 5.91 Å². The molecule has 5 aromatic rings. The van der Waals surface area contributed by atoms with Gasteiger partial charge in [-0.2, -0.15) is 0 Å². The summed E-state index contributed by atoms with van der Waals surface area (Å²) in [5.74, 6) is 0.446. The van der Waals surface area contributed by atoms with E-state index in [4.69, 9.17) is 0 Å². The number of pyridine rings is 1. The molecule has 0 bridgehead atoms. The smallest absolute Gasteiger partial charge is 0.257 e. The third-order valence-corrected chi connectivity index (χ3v) is 4.66. The molecule has 5 nitrogen and oxygen atoms in total. The number of fused-ring (bicyclic) bond motifs is 2. The second-order valence-corrected chi connectivity index (χ2v) is 6.52. The van der Waals surface area contributed by atoms with Crippen LogP contribution in [-0.2, 0) is 0 Å². The molecule has 2 N–H and O–H groups in total. The number of anilines is 1. The van der Waals surface area contributed by atoms with Crippen LogP contribution in [0.15, 0.2) is 85.1 Å². The molecule has 5 rings (SSSR count). The van der Waals surface area contributed by atoms with Crippen molar-refractivity contribution in [1.29, 1.82) is 0 Å². The maximum Gasteiger partial charge on any atom is 0.257 e. The first kappa shape index (κ1) is 16.2. The van der Waals surface area contributed by atoms with Crippen molar-refractivity contribution in [1.82, 2.24) is 15.0 Å². The van der Waals surface area contributed by atoms with Crippen molar-refractivity contribution in [3.63, 3.8) is 0 Å². The van der Waals surface area contributed by atoms with Crippen LogP contribution in [-0.4, -0.2) is 20.9 Å². The van der Waals surface area contributed by atoms with E-state index in [-0.39, 0.29) is 5.91 Å². The molecule has 2 aromatic heterocycles. The molecule has 0 atom stereocenters. The van der Waals surface area contributed by atoms with Gasteiger partial charge in [-0.15, -0.1) is 0 Å². The number of benzene rings is 3. The van der Waals surface area contributed by atoms with E-state index in [0.29, 0.717) is 16.9 Å². The lowest BCUT2D eigenvalue weighted by atomic mass is 10.1. The van der Waals surface area contributed by atoms with Crippen LogP contribution in [0.5, 0.6) is 0 Å². The van der Waals surface area contributed by atoms with E-state index in [1.54, 1.807) is 6.07 Å². The molecule has 3 aromatic carbocycles. The van der Waals surface area contributed by atoms with Crippen molar-refractivity contribution < 1.29 is 4.79 Å². The number of hydrogen-bond acceptors (Lipinski definition) is 3. The van der Waals surface area contributed by atoms with Crippen molar-refractivity contribution in [2.24, 2.45) is 0 Å². The molecule has 0 aliphatic carbocycles. The third kappa shape index (κ3) is 2.89. The number of imidazole rings is 1. The molecule has 0 aliphatic rings. The summed E-state index contributed by atoms with van der Waals surface area (Å²) >= 11 is 0. The lowest BCUT2D eigenvalue weighted by Crippen LogP contribution is -2.12. The van der Waals surface area contributed by atoms with Crippen LogP contribution in [0, 0.1) is 0 Å². The molecule has 0 unspecified atom stereocenters. The van der Waals surface area contributed by atoms with Gasteiger partial charge in [-0.25, -0.2) is 4.98 Å². The van der Waals surface area contributed by atoms with Gasteiger partial charge in [0.2, 0.25) is 0 Å². The van der Waals surface area contributed by atoms with Gasteiger partial charge >= 0.3 is 0 Å². The number of hydrogen-bond donors (Lipinski definition) is 2. The first-order chi connectivity index (χ1) is 13.8. The van der Waals surface area contributed by atoms with Gasteiger partial charge in [-0.05, 0) is 35.7 Å². The monoisotopic (exact) mass is 364 g/mol. The molecule has 0 saturated heterocycles. The van der Waals surface area contributed by atoms with Crippen molar-refractivity contribution in [3.8, 4) is 11.5 Å². The minimum atomic E-state index is -0.193. The zero-order valence-corrected chi connectivity index (χ0v) is 14.9. The van der Waals surface area contributed by atoms with Crippen LogP contribution >= 0.6 is 0 Å². The van der Waals surface area contributed by atoms with E-state index in [9.17, 15) is 4.79 Å². The Morgan fingerprint density at radius 3 is 2.50 bits per heavy atom. The van der Waals surface area contributed by atoms with Crippen LogP contribution in [0.2, 0.25) is 0 Å². The second kappa shape index (κ2) is 6.63. The number of nitrogens with one attached hydrogen (secondary N) is 2. The van der Waals surface area contributed by atoms with Gasteiger partial charge in [-0.3, -0.25) is 9.78 Å². The SMILES string of the molecule is O=C(Nc1ccccc1)c1cccc2[nH]c(-c3cc4ccccc4cn3)nc12. The first-order valence-electron chi connectivity index (χ1n) is 8.98. The van der Waals surface area contributed by atoms with Gasteiger partial charge in [-0.1, -0.05) is 48.5 Å². The number of nitrogens with zero attached hydrogens (tertiary/aromatic N) is 2. The van der Waals surface area contributed by atoms with Crippen molar-refractivity contribution in [2.45, 2.75) is 0 Å². The highest BCUT2D eigenvalue weighted by atomic mass is 16.1. The standard InChI is InChI=1S/C23H16N4O/c28-23(25-17-9-2-1-3-10-17)18-11-6-12-19-21(18)27-22(26-19)20-13-15-7-4-5-8-16(15)14-24-20/h1-14H,(H,25,28)(H,26,27). The molecule has 5 heteroatoms. The second-order valence-electron chi connectivity index (χ2n) is 6.52. The van der Waals surface area contributed by atoms with Gasteiger partial charge < -0.3 is 10.3 Å². The van der Waals surface area contributed by atoms with Gasteiger partial charge in [0.1, 0.15) is 11.2 Å². The fraction of sp³-hybridized carbons (Fsp3) is 0. The third-order valence-electron chi connectivity index (χ3n) is 4.66. The van der Waals surface area contributed by atoms with E-state index < -0.39 is 0 Å². The molecular formula is C23H16N4O. The number of amides is 1. The number of para-hydroxylation sites is 2. The average Bonchev–Trinajstić information content (AvgIpc) is 3.18. The minimum Gasteiger partial charge on any atom is -0.337 e. The summed E-state index contributed by atoms with van der Waals surface area (Å²) in [5, 5.41) is 5.08. The van der Waals surface area contributed by atoms with Crippen molar-refractivity contribution in [2.75, 3.05) is 5.32 Å². The number of carbonyl (C=O) groups is 1. The van der Waals surface area contributed by atoms with E-state index in [1.165, 1.54) is 0 Å². The van der Waals surface area contributed by atoms with Crippen LogP contribution in [0.3, 0.4) is 0 Å². The molecule has 0 spiro atoms. The maximum absolute atomic E-state index is 12.8. The number of H-pyrrole nitrogens is 1. The van der Waals surface area contributed by atoms with E-state index >= 15 is 0 Å². The summed E-state index contributed by atoms with van der Waals surface area (Å²) in [6.45, 7) is 0. The van der Waals surface area contributed by atoms with Gasteiger partial charge in [0, 0.05) is 17.3 Å². The summed E-state index contributed by atoms with van der Waals surface area (Å²) in [5.41, 5.74) is 3.43. The van der Waals surface area contributed by atoms with Crippen molar-refractivity contribution in [3.05, 3.63) is 90.6 Å². The molecular weight excluding hydrogens is 348 g/mol. The Balaban J connectivity index is 1.55. The summed E-state index contributed by atoms with van der Waals surface area (Å²) < 4.78 is 0. The number of aromatic amines is 1. The zero-order valence-electron chi connectivity index (χ0n) is 14.9. The summed E-state index contributed by atoms with van der Waals surface area (Å²) in [6.07, 6.45) is 1.83. The van der Waals surface area contributed by atoms with Crippen LogP contribution < -0.4 is 5.32 Å². The van der Waals surface area contributed by atoms with E-state index in [0.717, 1.165) is 27.7 Å². The summed E-state index contributed by atoms with van der Waals surface area (Å²) in [7, 11) is 0. The minimum absolute atomic E-state index is 0.193. The molecule has 0 aliphatic heterocycles. The molecule has 1 amide bonds. The molecule has 134 valence electrons. The Bertz CT molecular complexity index is 1310. The number of aromatic nitrogens is 3. The van der Waals surface area contributed by atoms with Crippen molar-refractivity contribution >= 4 is 33.4 Å². The first-order valence-corrected chi connectivity index (χ1v) is 8.98. The highest BCUT2D eigenvalue weighted by molar-refractivity contribution is 6.11.